The van der Waals surface area contributed by atoms with Gasteiger partial charge in [0.15, 0.2) is 6.61 Å². The Kier molecular flexibility index (Phi) is 4.20. The Bertz CT molecular complexity index is 398. The smallest absolute Gasteiger partial charge is 0.260 e. The van der Waals surface area contributed by atoms with Crippen molar-refractivity contribution < 1.29 is 14.6 Å². The van der Waals surface area contributed by atoms with Crippen LogP contribution in [0.2, 0.25) is 0 Å². The molecule has 1 aliphatic rings. The lowest BCUT2D eigenvalue weighted by Gasteiger charge is -2.17. The highest BCUT2D eigenvalue weighted by molar-refractivity contribution is 5.77. The fraction of sp³-hybridized carbons (Fsp3) is 0.500. The van der Waals surface area contributed by atoms with Crippen molar-refractivity contribution in [2.75, 3.05) is 20.2 Å². The molecule has 1 amide bonds. The molecule has 1 aromatic rings. The minimum Gasteiger partial charge on any atom is -0.484 e. The summed E-state index contributed by atoms with van der Waals surface area (Å²) in [6.07, 6.45) is 2.47. The number of hydrogen-bond acceptors (Lipinski definition) is 3. The van der Waals surface area contributed by atoms with E-state index < -0.39 is 0 Å². The summed E-state index contributed by atoms with van der Waals surface area (Å²) in [6.45, 7) is 0.927. The van der Waals surface area contributed by atoms with E-state index in [0.29, 0.717) is 11.7 Å². The maximum Gasteiger partial charge on any atom is 0.260 e. The van der Waals surface area contributed by atoms with Crippen LogP contribution in [0.25, 0.3) is 0 Å². The molecule has 0 aliphatic heterocycles. The van der Waals surface area contributed by atoms with Crippen molar-refractivity contribution in [2.45, 2.75) is 19.4 Å². The summed E-state index contributed by atoms with van der Waals surface area (Å²) >= 11 is 0. The van der Waals surface area contributed by atoms with Crippen molar-refractivity contribution in [3.63, 3.8) is 0 Å². The average Bonchev–Trinajstić information content (AvgIpc) is 3.20. The summed E-state index contributed by atoms with van der Waals surface area (Å²) < 4.78 is 5.42. The van der Waals surface area contributed by atoms with Crippen LogP contribution in [0.15, 0.2) is 24.3 Å². The maximum atomic E-state index is 11.8. The van der Waals surface area contributed by atoms with Crippen molar-refractivity contribution in [1.29, 1.82) is 0 Å². The van der Waals surface area contributed by atoms with E-state index in [1.807, 2.05) is 7.05 Å². The lowest BCUT2D eigenvalue weighted by Crippen LogP contribution is -2.32. The van der Waals surface area contributed by atoms with Gasteiger partial charge in [-0.05, 0) is 36.5 Å². The van der Waals surface area contributed by atoms with E-state index in [9.17, 15) is 4.79 Å². The van der Waals surface area contributed by atoms with E-state index in [-0.39, 0.29) is 19.1 Å². The third-order valence-corrected chi connectivity index (χ3v) is 3.12. The van der Waals surface area contributed by atoms with Crippen molar-refractivity contribution in [2.24, 2.45) is 5.92 Å². The quantitative estimate of drug-likeness (QED) is 0.829. The van der Waals surface area contributed by atoms with Crippen LogP contribution in [0, 0.1) is 5.92 Å². The molecule has 0 radical (unpaired) electrons. The highest BCUT2D eigenvalue weighted by Crippen LogP contribution is 2.29. The predicted molar refractivity (Wildman–Crippen MR) is 68.2 cm³/mol. The summed E-state index contributed by atoms with van der Waals surface area (Å²) in [6, 6.07) is 7.10. The molecule has 2 rings (SSSR count). The van der Waals surface area contributed by atoms with E-state index in [1.54, 1.807) is 29.2 Å². The van der Waals surface area contributed by atoms with Gasteiger partial charge in [0.05, 0.1) is 6.61 Å². The molecule has 0 spiro atoms. The van der Waals surface area contributed by atoms with Crippen LogP contribution in [-0.2, 0) is 11.4 Å². The predicted octanol–water partition coefficient (Wildman–Crippen LogP) is 1.43. The first-order valence-electron chi connectivity index (χ1n) is 6.25. The molecule has 0 heterocycles. The molecular weight excluding hydrogens is 230 g/mol. The van der Waals surface area contributed by atoms with Gasteiger partial charge in [-0.2, -0.15) is 0 Å². The number of benzene rings is 1. The van der Waals surface area contributed by atoms with Gasteiger partial charge in [0.25, 0.3) is 5.91 Å². The minimum absolute atomic E-state index is 0.00753. The van der Waals surface area contributed by atoms with Crippen LogP contribution in [0.5, 0.6) is 5.75 Å². The number of hydrogen-bond donors (Lipinski definition) is 1. The molecule has 1 aromatic carbocycles. The van der Waals surface area contributed by atoms with E-state index in [4.69, 9.17) is 9.84 Å². The monoisotopic (exact) mass is 249 g/mol. The van der Waals surface area contributed by atoms with Gasteiger partial charge in [-0.3, -0.25) is 4.79 Å². The van der Waals surface area contributed by atoms with E-state index in [2.05, 4.69) is 0 Å². The first kappa shape index (κ1) is 12.9. The van der Waals surface area contributed by atoms with Gasteiger partial charge in [0.2, 0.25) is 0 Å². The Labute approximate surface area is 107 Å². The number of likely N-dealkylation sites (N-methyl/N-ethyl adjacent to an activating group) is 1. The van der Waals surface area contributed by atoms with Gasteiger partial charge in [-0.25, -0.2) is 0 Å². The molecule has 98 valence electrons. The second kappa shape index (κ2) is 5.87. The minimum atomic E-state index is 0.00753. The lowest BCUT2D eigenvalue weighted by molar-refractivity contribution is -0.132. The van der Waals surface area contributed by atoms with Gasteiger partial charge in [0.1, 0.15) is 5.75 Å². The van der Waals surface area contributed by atoms with Crippen LogP contribution < -0.4 is 4.74 Å². The zero-order valence-electron chi connectivity index (χ0n) is 10.6. The highest BCUT2D eigenvalue weighted by atomic mass is 16.5. The SMILES string of the molecule is CN(CC1CC1)C(=O)COc1ccc(CO)cc1. The first-order chi connectivity index (χ1) is 8.69. The van der Waals surface area contributed by atoms with Crippen LogP contribution in [0.3, 0.4) is 0 Å². The molecule has 1 aliphatic carbocycles. The van der Waals surface area contributed by atoms with Crippen molar-refractivity contribution >= 4 is 5.91 Å². The van der Waals surface area contributed by atoms with Gasteiger partial charge < -0.3 is 14.7 Å². The number of aliphatic hydroxyl groups is 1. The summed E-state index contributed by atoms with van der Waals surface area (Å²) in [5, 5.41) is 8.91. The molecular formula is C14H19NO3. The standard InChI is InChI=1S/C14H19NO3/c1-15(8-11-2-3-11)14(17)10-18-13-6-4-12(9-16)5-7-13/h4-7,11,16H,2-3,8-10H2,1H3. The Hall–Kier alpha value is -1.55. The van der Waals surface area contributed by atoms with Crippen molar-refractivity contribution in [3.05, 3.63) is 29.8 Å². The lowest BCUT2D eigenvalue weighted by atomic mass is 10.2. The molecule has 0 saturated heterocycles. The number of rotatable bonds is 6. The number of amides is 1. The maximum absolute atomic E-state index is 11.8. The molecule has 0 bridgehead atoms. The molecule has 0 unspecified atom stereocenters. The van der Waals surface area contributed by atoms with Crippen molar-refractivity contribution in [3.8, 4) is 5.75 Å². The topological polar surface area (TPSA) is 49.8 Å². The Morgan fingerprint density at radius 3 is 2.61 bits per heavy atom. The second-order valence-corrected chi connectivity index (χ2v) is 4.81. The Balaban J connectivity index is 1.76. The Morgan fingerprint density at radius 1 is 1.39 bits per heavy atom. The van der Waals surface area contributed by atoms with Gasteiger partial charge in [-0.1, -0.05) is 12.1 Å². The molecule has 1 saturated carbocycles. The van der Waals surface area contributed by atoms with Crippen LogP contribution in [0.4, 0.5) is 0 Å². The van der Waals surface area contributed by atoms with Gasteiger partial charge in [-0.15, -0.1) is 0 Å². The number of carbonyl (C=O) groups is 1. The summed E-state index contributed by atoms with van der Waals surface area (Å²) in [4.78, 5) is 13.5. The van der Waals surface area contributed by atoms with E-state index in [1.165, 1.54) is 12.8 Å². The molecule has 1 N–H and O–H groups in total. The van der Waals surface area contributed by atoms with Crippen LogP contribution >= 0.6 is 0 Å². The number of aliphatic hydroxyl groups excluding tert-OH is 1. The number of nitrogens with zero attached hydrogens (tertiary/aromatic N) is 1. The second-order valence-electron chi connectivity index (χ2n) is 4.81. The largest absolute Gasteiger partial charge is 0.484 e. The zero-order chi connectivity index (χ0) is 13.0. The molecule has 18 heavy (non-hydrogen) atoms. The van der Waals surface area contributed by atoms with Gasteiger partial charge in [0, 0.05) is 13.6 Å². The highest BCUT2D eigenvalue weighted by Gasteiger charge is 2.24. The Morgan fingerprint density at radius 2 is 2.06 bits per heavy atom. The summed E-state index contributed by atoms with van der Waals surface area (Å²) in [5.74, 6) is 1.36. The molecule has 0 atom stereocenters. The molecule has 0 aromatic heterocycles. The number of carbonyl (C=O) groups excluding carboxylic acids is 1. The third kappa shape index (κ3) is 3.74. The van der Waals surface area contributed by atoms with Gasteiger partial charge >= 0.3 is 0 Å². The van der Waals surface area contributed by atoms with Crippen LogP contribution in [0.1, 0.15) is 18.4 Å². The van der Waals surface area contributed by atoms with Crippen LogP contribution in [-0.4, -0.2) is 36.1 Å². The molecule has 4 nitrogen and oxygen atoms in total. The third-order valence-electron chi connectivity index (χ3n) is 3.12. The number of ether oxygens (including phenoxy) is 1. The molecule has 4 heteroatoms. The summed E-state index contributed by atoms with van der Waals surface area (Å²) in [7, 11) is 1.82. The normalized spacial score (nSPS) is 14.3. The summed E-state index contributed by atoms with van der Waals surface area (Å²) in [5.41, 5.74) is 0.833. The van der Waals surface area contributed by atoms with E-state index in [0.717, 1.165) is 12.1 Å². The average molecular weight is 249 g/mol. The first-order valence-corrected chi connectivity index (χ1v) is 6.25. The fourth-order valence-corrected chi connectivity index (χ4v) is 1.74. The van der Waals surface area contributed by atoms with E-state index >= 15 is 0 Å². The molecule has 1 fully saturated rings. The van der Waals surface area contributed by atoms with Crippen molar-refractivity contribution in [1.82, 2.24) is 4.90 Å². The fourth-order valence-electron chi connectivity index (χ4n) is 1.74. The zero-order valence-corrected chi connectivity index (χ0v) is 10.6.